The first-order valence-corrected chi connectivity index (χ1v) is 9.07. The number of benzene rings is 2. The van der Waals surface area contributed by atoms with Crippen LogP contribution in [0.1, 0.15) is 15.9 Å². The molecule has 0 atom stereocenters. The Hall–Kier alpha value is -2.54. The fourth-order valence-electron chi connectivity index (χ4n) is 2.71. The van der Waals surface area contributed by atoms with E-state index < -0.39 is 0 Å². The van der Waals surface area contributed by atoms with Crippen molar-refractivity contribution in [2.45, 2.75) is 5.75 Å². The van der Waals surface area contributed by atoms with Crippen LogP contribution in [0.2, 0.25) is 0 Å². The SMILES string of the molecule is COc1cccc(OC)c1C(=O)N1CCN=C1SCc1cccc(F)c1. The molecule has 2 aromatic rings. The van der Waals surface area contributed by atoms with E-state index in [0.29, 0.717) is 41.1 Å². The Labute approximate surface area is 155 Å². The van der Waals surface area contributed by atoms with Crippen molar-refractivity contribution in [2.24, 2.45) is 4.99 Å². The summed E-state index contributed by atoms with van der Waals surface area (Å²) >= 11 is 1.41. The van der Waals surface area contributed by atoms with Gasteiger partial charge in [-0.3, -0.25) is 14.7 Å². The number of ether oxygens (including phenoxy) is 2. The van der Waals surface area contributed by atoms with E-state index in [9.17, 15) is 9.18 Å². The molecular weight excluding hydrogens is 355 g/mol. The summed E-state index contributed by atoms with van der Waals surface area (Å²) in [5, 5.41) is 0.618. The van der Waals surface area contributed by atoms with Crippen LogP contribution in [0, 0.1) is 5.82 Å². The molecule has 0 saturated carbocycles. The van der Waals surface area contributed by atoms with E-state index in [1.54, 1.807) is 29.2 Å². The Balaban J connectivity index is 1.79. The highest BCUT2D eigenvalue weighted by molar-refractivity contribution is 8.13. The van der Waals surface area contributed by atoms with Crippen LogP contribution in [-0.2, 0) is 5.75 Å². The average molecular weight is 374 g/mol. The lowest BCUT2D eigenvalue weighted by atomic mass is 10.1. The third kappa shape index (κ3) is 3.83. The molecule has 0 fully saturated rings. The predicted molar refractivity (Wildman–Crippen MR) is 101 cm³/mol. The van der Waals surface area contributed by atoms with Crippen molar-refractivity contribution >= 4 is 22.8 Å². The van der Waals surface area contributed by atoms with Crippen LogP contribution in [0.4, 0.5) is 4.39 Å². The molecule has 1 aliphatic rings. The fraction of sp³-hybridized carbons (Fsp3) is 0.263. The molecule has 0 saturated heterocycles. The van der Waals surface area contributed by atoms with E-state index in [0.717, 1.165) is 5.56 Å². The zero-order valence-corrected chi connectivity index (χ0v) is 15.4. The van der Waals surface area contributed by atoms with Gasteiger partial charge in [0.05, 0.1) is 20.8 Å². The van der Waals surface area contributed by atoms with Gasteiger partial charge in [0.15, 0.2) is 5.17 Å². The van der Waals surface area contributed by atoms with Gasteiger partial charge >= 0.3 is 0 Å². The second-order valence-corrected chi connectivity index (χ2v) is 6.52. The Morgan fingerprint density at radius 1 is 1.19 bits per heavy atom. The van der Waals surface area contributed by atoms with E-state index in [2.05, 4.69) is 4.99 Å². The maximum absolute atomic E-state index is 13.3. The summed E-state index contributed by atoms with van der Waals surface area (Å²) in [6.07, 6.45) is 0. The first-order chi connectivity index (χ1) is 12.6. The van der Waals surface area contributed by atoms with Gasteiger partial charge in [0.2, 0.25) is 0 Å². The maximum Gasteiger partial charge on any atom is 0.267 e. The summed E-state index contributed by atoms with van der Waals surface area (Å²) < 4.78 is 24.0. The van der Waals surface area contributed by atoms with Crippen molar-refractivity contribution in [1.82, 2.24) is 4.90 Å². The van der Waals surface area contributed by atoms with E-state index in [1.807, 2.05) is 6.07 Å². The van der Waals surface area contributed by atoms with Crippen LogP contribution in [0.5, 0.6) is 11.5 Å². The number of aliphatic imine (C=N–C) groups is 1. The Kier molecular flexibility index (Phi) is 5.78. The Bertz CT molecular complexity index is 819. The minimum atomic E-state index is -0.275. The number of hydrogen-bond donors (Lipinski definition) is 0. The third-order valence-electron chi connectivity index (χ3n) is 3.95. The molecule has 7 heteroatoms. The van der Waals surface area contributed by atoms with Crippen LogP contribution >= 0.6 is 11.8 Å². The molecule has 5 nitrogen and oxygen atoms in total. The zero-order chi connectivity index (χ0) is 18.5. The lowest BCUT2D eigenvalue weighted by molar-refractivity contribution is 0.0854. The molecular formula is C19H19FN2O3S. The summed E-state index contributed by atoms with van der Waals surface area (Å²) in [6.45, 7) is 1.03. The van der Waals surface area contributed by atoms with Gasteiger partial charge < -0.3 is 9.47 Å². The number of thioether (sulfide) groups is 1. The molecule has 0 radical (unpaired) electrons. The Morgan fingerprint density at radius 2 is 1.88 bits per heavy atom. The average Bonchev–Trinajstić information content (AvgIpc) is 3.13. The number of halogens is 1. The number of nitrogens with zero attached hydrogens (tertiary/aromatic N) is 2. The van der Waals surface area contributed by atoms with Gasteiger partial charge in [-0.1, -0.05) is 30.0 Å². The van der Waals surface area contributed by atoms with Crippen molar-refractivity contribution in [1.29, 1.82) is 0 Å². The van der Waals surface area contributed by atoms with Crippen molar-refractivity contribution in [3.8, 4) is 11.5 Å². The molecule has 0 aliphatic carbocycles. The summed E-state index contributed by atoms with van der Waals surface area (Å²) in [6, 6.07) is 11.6. The number of rotatable bonds is 5. The number of amides is 1. The Morgan fingerprint density at radius 3 is 2.54 bits per heavy atom. The van der Waals surface area contributed by atoms with Crippen LogP contribution in [0.15, 0.2) is 47.5 Å². The van der Waals surface area contributed by atoms with Gasteiger partial charge in [-0.05, 0) is 29.8 Å². The van der Waals surface area contributed by atoms with Gasteiger partial charge in [-0.15, -0.1) is 0 Å². The highest BCUT2D eigenvalue weighted by Gasteiger charge is 2.29. The molecule has 3 rings (SSSR count). The monoisotopic (exact) mass is 374 g/mol. The lowest BCUT2D eigenvalue weighted by Gasteiger charge is -2.20. The summed E-state index contributed by atoms with van der Waals surface area (Å²) in [5.74, 6) is 0.945. The number of carbonyl (C=O) groups excluding carboxylic acids is 1. The first kappa shape index (κ1) is 18.3. The fourth-order valence-corrected chi connectivity index (χ4v) is 3.70. The molecule has 2 aromatic carbocycles. The maximum atomic E-state index is 13.3. The van der Waals surface area contributed by atoms with Crippen LogP contribution in [-0.4, -0.2) is 43.3 Å². The number of methoxy groups -OCH3 is 2. The molecule has 0 bridgehead atoms. The van der Waals surface area contributed by atoms with Crippen LogP contribution in [0.25, 0.3) is 0 Å². The number of carbonyl (C=O) groups is 1. The highest BCUT2D eigenvalue weighted by Crippen LogP contribution is 2.31. The summed E-state index contributed by atoms with van der Waals surface area (Å²) in [4.78, 5) is 19.1. The van der Waals surface area contributed by atoms with Crippen LogP contribution in [0.3, 0.4) is 0 Å². The minimum absolute atomic E-state index is 0.220. The quantitative estimate of drug-likeness (QED) is 0.803. The van der Waals surface area contributed by atoms with Gasteiger partial charge in [-0.25, -0.2) is 4.39 Å². The van der Waals surface area contributed by atoms with Crippen molar-refractivity contribution in [2.75, 3.05) is 27.3 Å². The molecule has 0 unspecified atom stereocenters. The van der Waals surface area contributed by atoms with Crippen molar-refractivity contribution in [3.63, 3.8) is 0 Å². The zero-order valence-electron chi connectivity index (χ0n) is 14.6. The highest BCUT2D eigenvalue weighted by atomic mass is 32.2. The van der Waals surface area contributed by atoms with Gasteiger partial charge in [0.1, 0.15) is 22.9 Å². The number of amidine groups is 1. The predicted octanol–water partition coefficient (Wildman–Crippen LogP) is 3.59. The van der Waals surface area contributed by atoms with Crippen LogP contribution < -0.4 is 9.47 Å². The van der Waals surface area contributed by atoms with E-state index in [4.69, 9.17) is 9.47 Å². The molecule has 0 spiro atoms. The van der Waals surface area contributed by atoms with E-state index >= 15 is 0 Å². The minimum Gasteiger partial charge on any atom is -0.496 e. The van der Waals surface area contributed by atoms with Gasteiger partial charge in [0, 0.05) is 12.3 Å². The van der Waals surface area contributed by atoms with Gasteiger partial charge in [-0.2, -0.15) is 0 Å². The molecule has 1 amide bonds. The standard InChI is InChI=1S/C19H19FN2O3S/c1-24-15-7-4-8-16(25-2)17(15)18(23)22-10-9-21-19(22)26-12-13-5-3-6-14(20)11-13/h3-8,11H,9-10,12H2,1-2H3. The molecule has 1 heterocycles. The molecule has 26 heavy (non-hydrogen) atoms. The number of hydrogen-bond acceptors (Lipinski definition) is 5. The van der Waals surface area contributed by atoms with Gasteiger partial charge in [0.25, 0.3) is 5.91 Å². The van der Waals surface area contributed by atoms with Crippen molar-refractivity contribution < 1.29 is 18.7 Å². The van der Waals surface area contributed by atoms with E-state index in [1.165, 1.54) is 38.1 Å². The topological polar surface area (TPSA) is 51.1 Å². The summed E-state index contributed by atoms with van der Waals surface area (Å²) in [7, 11) is 3.03. The first-order valence-electron chi connectivity index (χ1n) is 8.08. The largest absolute Gasteiger partial charge is 0.496 e. The lowest BCUT2D eigenvalue weighted by Crippen LogP contribution is -2.33. The van der Waals surface area contributed by atoms with Crippen molar-refractivity contribution in [3.05, 3.63) is 59.4 Å². The third-order valence-corrected chi connectivity index (χ3v) is 5.03. The normalized spacial score (nSPS) is 13.5. The molecule has 136 valence electrons. The smallest absolute Gasteiger partial charge is 0.267 e. The molecule has 1 aliphatic heterocycles. The molecule has 0 N–H and O–H groups in total. The second kappa shape index (κ2) is 8.23. The van der Waals surface area contributed by atoms with E-state index in [-0.39, 0.29) is 11.7 Å². The second-order valence-electron chi connectivity index (χ2n) is 5.58. The summed E-state index contributed by atoms with van der Waals surface area (Å²) in [5.41, 5.74) is 1.21. The molecule has 0 aromatic heterocycles.